The van der Waals surface area contributed by atoms with Gasteiger partial charge in [0.1, 0.15) is 5.75 Å². The number of aryl methyl sites for hydroxylation is 2. The van der Waals surface area contributed by atoms with Crippen molar-refractivity contribution >= 4 is 0 Å². The van der Waals surface area contributed by atoms with E-state index in [0.29, 0.717) is 0 Å². The van der Waals surface area contributed by atoms with Crippen molar-refractivity contribution in [2.24, 2.45) is 0 Å². The third-order valence-electron chi connectivity index (χ3n) is 2.56. The molecule has 0 amide bonds. The number of hydrogen-bond donors (Lipinski definition) is 0. The summed E-state index contributed by atoms with van der Waals surface area (Å²) in [4.78, 5) is 15.8. The summed E-state index contributed by atoms with van der Waals surface area (Å²) >= 11 is 0. The van der Waals surface area contributed by atoms with Gasteiger partial charge in [0.2, 0.25) is 0 Å². The Kier molecular flexibility index (Phi) is 2.95. The fourth-order valence-corrected chi connectivity index (χ4v) is 1.80. The Labute approximate surface area is 99.5 Å². The van der Waals surface area contributed by atoms with E-state index in [1.54, 1.807) is 11.7 Å². The molecule has 1 heterocycles. The molecule has 0 fully saturated rings. The highest BCUT2D eigenvalue weighted by atomic mass is 16.5. The van der Waals surface area contributed by atoms with E-state index < -0.39 is 0 Å². The zero-order valence-corrected chi connectivity index (χ0v) is 10.1. The lowest BCUT2D eigenvalue weighted by molar-refractivity contribution is 0.414. The quantitative estimate of drug-likeness (QED) is 0.791. The fraction of sp³-hybridized carbons (Fsp3) is 0.231. The number of hydrogen-bond acceptors (Lipinski definition) is 3. The van der Waals surface area contributed by atoms with Crippen molar-refractivity contribution < 1.29 is 4.74 Å². The van der Waals surface area contributed by atoms with Gasteiger partial charge in [-0.1, -0.05) is 0 Å². The molecule has 0 saturated carbocycles. The number of methoxy groups -OCH3 is 1. The van der Waals surface area contributed by atoms with Crippen molar-refractivity contribution in [1.29, 1.82) is 0 Å². The van der Waals surface area contributed by atoms with Crippen LogP contribution < -0.4 is 10.4 Å². The smallest absolute Gasteiger partial charge is 0.352 e. The first-order valence-electron chi connectivity index (χ1n) is 5.33. The van der Waals surface area contributed by atoms with Crippen LogP contribution >= 0.6 is 0 Å². The molecule has 0 unspecified atom stereocenters. The monoisotopic (exact) mass is 230 g/mol. The van der Waals surface area contributed by atoms with Gasteiger partial charge in [0.05, 0.1) is 12.8 Å². The topological polar surface area (TPSA) is 44.1 Å². The summed E-state index contributed by atoms with van der Waals surface area (Å²) in [5.41, 5.74) is 2.14. The second-order valence-corrected chi connectivity index (χ2v) is 3.85. The van der Waals surface area contributed by atoms with Gasteiger partial charge in [-0.3, -0.25) is 4.57 Å². The second-order valence-electron chi connectivity index (χ2n) is 3.85. The van der Waals surface area contributed by atoms with E-state index in [1.807, 2.05) is 44.2 Å². The summed E-state index contributed by atoms with van der Waals surface area (Å²) in [5.74, 6) is 0.763. The molecule has 2 rings (SSSR count). The molecule has 0 bridgehead atoms. The Bertz CT molecular complexity index is 585. The van der Waals surface area contributed by atoms with Gasteiger partial charge in [-0.2, -0.15) is 4.98 Å². The van der Waals surface area contributed by atoms with Crippen LogP contribution in [0.5, 0.6) is 5.75 Å². The van der Waals surface area contributed by atoms with Crippen LogP contribution in [0.1, 0.15) is 11.4 Å². The minimum Gasteiger partial charge on any atom is -0.497 e. The maximum Gasteiger partial charge on any atom is 0.352 e. The molecule has 0 spiro atoms. The number of ether oxygens (including phenoxy) is 1. The number of rotatable bonds is 2. The maximum atomic E-state index is 11.8. The molecule has 0 aliphatic rings. The molecule has 0 N–H and O–H groups in total. The normalized spacial score (nSPS) is 10.3. The first-order valence-corrected chi connectivity index (χ1v) is 5.33. The van der Waals surface area contributed by atoms with Crippen LogP contribution in [0.4, 0.5) is 0 Å². The Morgan fingerprint density at radius 3 is 2.35 bits per heavy atom. The minimum absolute atomic E-state index is 0.257. The van der Waals surface area contributed by atoms with Crippen LogP contribution in [0.2, 0.25) is 0 Å². The third-order valence-corrected chi connectivity index (χ3v) is 2.56. The van der Waals surface area contributed by atoms with Crippen molar-refractivity contribution in [3.63, 3.8) is 0 Å². The third kappa shape index (κ3) is 2.20. The molecule has 0 aliphatic carbocycles. The molecule has 4 nitrogen and oxygen atoms in total. The largest absolute Gasteiger partial charge is 0.497 e. The standard InChI is InChI=1S/C13H14N2O2/c1-9-8-10(2)15(13(16)14-9)11-4-6-12(17-3)7-5-11/h4-8H,1-3H3. The van der Waals surface area contributed by atoms with Crippen LogP contribution in [0, 0.1) is 13.8 Å². The molecule has 2 aromatic rings. The molecule has 17 heavy (non-hydrogen) atoms. The lowest BCUT2D eigenvalue weighted by atomic mass is 10.2. The van der Waals surface area contributed by atoms with Crippen molar-refractivity contribution in [2.45, 2.75) is 13.8 Å². The lowest BCUT2D eigenvalue weighted by Gasteiger charge is -2.10. The summed E-state index contributed by atoms with van der Waals surface area (Å²) < 4.78 is 6.66. The maximum absolute atomic E-state index is 11.8. The van der Waals surface area contributed by atoms with Gasteiger partial charge < -0.3 is 4.74 Å². The summed E-state index contributed by atoms with van der Waals surface area (Å²) in [6, 6.07) is 9.20. The number of aromatic nitrogens is 2. The van der Waals surface area contributed by atoms with Gasteiger partial charge in [-0.15, -0.1) is 0 Å². The van der Waals surface area contributed by atoms with E-state index in [9.17, 15) is 4.79 Å². The van der Waals surface area contributed by atoms with Crippen LogP contribution in [-0.2, 0) is 0 Å². The van der Waals surface area contributed by atoms with Gasteiger partial charge in [0, 0.05) is 11.4 Å². The Morgan fingerprint density at radius 2 is 1.82 bits per heavy atom. The molecule has 0 saturated heterocycles. The predicted molar refractivity (Wildman–Crippen MR) is 65.9 cm³/mol. The van der Waals surface area contributed by atoms with E-state index in [-0.39, 0.29) is 5.69 Å². The minimum atomic E-state index is -0.257. The van der Waals surface area contributed by atoms with Crippen LogP contribution in [0.3, 0.4) is 0 Å². The van der Waals surface area contributed by atoms with Crippen LogP contribution in [0.15, 0.2) is 35.1 Å². The molecule has 0 atom stereocenters. The average molecular weight is 230 g/mol. The van der Waals surface area contributed by atoms with E-state index in [0.717, 1.165) is 22.8 Å². The first-order chi connectivity index (χ1) is 8.11. The fourth-order valence-electron chi connectivity index (χ4n) is 1.80. The van der Waals surface area contributed by atoms with Crippen molar-refractivity contribution in [1.82, 2.24) is 9.55 Å². The van der Waals surface area contributed by atoms with Crippen molar-refractivity contribution in [2.75, 3.05) is 7.11 Å². The highest BCUT2D eigenvalue weighted by molar-refractivity contribution is 5.38. The van der Waals surface area contributed by atoms with Crippen LogP contribution in [0.25, 0.3) is 5.69 Å². The molecule has 1 aromatic heterocycles. The molecule has 0 aliphatic heterocycles. The molecular formula is C13H14N2O2. The summed E-state index contributed by atoms with van der Waals surface area (Å²) in [6.45, 7) is 3.70. The molecule has 0 radical (unpaired) electrons. The molecule has 1 aromatic carbocycles. The average Bonchev–Trinajstić information content (AvgIpc) is 2.28. The van der Waals surface area contributed by atoms with Crippen molar-refractivity contribution in [3.8, 4) is 11.4 Å². The van der Waals surface area contributed by atoms with Gasteiger partial charge in [0.25, 0.3) is 0 Å². The molecule has 4 heteroatoms. The first kappa shape index (κ1) is 11.4. The summed E-state index contributed by atoms with van der Waals surface area (Å²) in [7, 11) is 1.61. The van der Waals surface area contributed by atoms with E-state index in [1.165, 1.54) is 0 Å². The van der Waals surface area contributed by atoms with E-state index >= 15 is 0 Å². The van der Waals surface area contributed by atoms with Gasteiger partial charge in [0.15, 0.2) is 0 Å². The SMILES string of the molecule is COc1ccc(-n2c(C)cc(C)nc2=O)cc1. The predicted octanol–water partition coefficient (Wildman–Crippen LogP) is 1.86. The molecule has 88 valence electrons. The van der Waals surface area contributed by atoms with E-state index in [4.69, 9.17) is 4.74 Å². The number of nitrogens with zero attached hydrogens (tertiary/aromatic N) is 2. The van der Waals surface area contributed by atoms with Crippen LogP contribution in [-0.4, -0.2) is 16.7 Å². The lowest BCUT2D eigenvalue weighted by Crippen LogP contribution is -2.23. The summed E-state index contributed by atoms with van der Waals surface area (Å²) in [6.07, 6.45) is 0. The molecular weight excluding hydrogens is 216 g/mol. The Balaban J connectivity index is 2.56. The Hall–Kier alpha value is -2.10. The highest BCUT2D eigenvalue weighted by Gasteiger charge is 2.05. The highest BCUT2D eigenvalue weighted by Crippen LogP contribution is 2.14. The number of benzene rings is 1. The van der Waals surface area contributed by atoms with Gasteiger partial charge in [-0.25, -0.2) is 4.79 Å². The Morgan fingerprint density at radius 1 is 1.18 bits per heavy atom. The van der Waals surface area contributed by atoms with Crippen molar-refractivity contribution in [3.05, 3.63) is 52.2 Å². The summed E-state index contributed by atoms with van der Waals surface area (Å²) in [5, 5.41) is 0. The van der Waals surface area contributed by atoms with E-state index in [2.05, 4.69) is 4.98 Å². The second kappa shape index (κ2) is 4.41. The van der Waals surface area contributed by atoms with Gasteiger partial charge >= 0.3 is 5.69 Å². The van der Waals surface area contributed by atoms with Gasteiger partial charge in [-0.05, 0) is 44.2 Å². The zero-order chi connectivity index (χ0) is 12.4. The zero-order valence-electron chi connectivity index (χ0n) is 10.1.